The summed E-state index contributed by atoms with van der Waals surface area (Å²) in [4.78, 5) is 51.9. The third-order valence-electron chi connectivity index (χ3n) is 7.41. The second-order valence-electron chi connectivity index (χ2n) is 11.7. The van der Waals surface area contributed by atoms with E-state index in [1.165, 1.54) is 95.6 Å². The van der Waals surface area contributed by atoms with Gasteiger partial charge in [0.05, 0.1) is 11.3 Å². The van der Waals surface area contributed by atoms with Crippen LogP contribution in [0.4, 0.5) is 5.69 Å². The standard InChI is InChI=1S/C18H39O3P.C16H22N2O4/c1-2-3-4-5-6-7-8-9-10-11-12-13-14-15-16-17-18-22(19,20)21;1-2-3-4-7-10-17-14(19)11-15(20)18-13-9-6-5-8-12(13)16(21)22/h2-18H2,1H3,(H2,19,20,21);5-6,8-9H,2-4,7,10-11H2,1H3,(H,17,19)(H,18,20)(H,21,22). The molecule has 0 aliphatic carbocycles. The van der Waals surface area contributed by atoms with Crippen LogP contribution in [-0.4, -0.2) is 45.4 Å². The van der Waals surface area contributed by atoms with Gasteiger partial charge in [0.25, 0.3) is 0 Å². The van der Waals surface area contributed by atoms with Crippen molar-refractivity contribution < 1.29 is 33.8 Å². The monoisotopic (exact) mass is 640 g/mol. The molecule has 0 aliphatic rings. The van der Waals surface area contributed by atoms with E-state index in [0.717, 1.165) is 38.5 Å². The quantitative estimate of drug-likeness (QED) is 0.0385. The number of carbonyl (C=O) groups is 3. The Morgan fingerprint density at radius 1 is 0.636 bits per heavy atom. The zero-order valence-corrected chi connectivity index (χ0v) is 28.4. The molecular formula is C34H61N2O7P. The summed E-state index contributed by atoms with van der Waals surface area (Å²) in [6.45, 7) is 4.93. The Morgan fingerprint density at radius 2 is 1.07 bits per heavy atom. The predicted octanol–water partition coefficient (Wildman–Crippen LogP) is 8.84. The van der Waals surface area contributed by atoms with Gasteiger partial charge in [-0.15, -0.1) is 0 Å². The molecule has 254 valence electrons. The highest BCUT2D eigenvalue weighted by Crippen LogP contribution is 2.35. The SMILES string of the molecule is CCCCCCCCCCCCCCCCCCP(=O)(O)O.CCCCCCNC(=O)CC(=O)Nc1ccccc1C(=O)O. The smallest absolute Gasteiger partial charge is 0.337 e. The molecule has 1 aromatic rings. The Balaban J connectivity index is 0.000000840. The van der Waals surface area contributed by atoms with Crippen molar-refractivity contribution in [1.29, 1.82) is 0 Å². The fourth-order valence-corrected chi connectivity index (χ4v) is 5.46. The van der Waals surface area contributed by atoms with Gasteiger partial charge in [-0.2, -0.15) is 0 Å². The third kappa shape index (κ3) is 27.3. The lowest BCUT2D eigenvalue weighted by molar-refractivity contribution is -0.126. The van der Waals surface area contributed by atoms with Gasteiger partial charge in [0.15, 0.2) is 0 Å². The number of unbranched alkanes of at least 4 members (excludes halogenated alkanes) is 18. The highest BCUT2D eigenvalue weighted by Gasteiger charge is 2.14. The van der Waals surface area contributed by atoms with Gasteiger partial charge in [-0.05, 0) is 25.0 Å². The minimum Gasteiger partial charge on any atom is -0.478 e. The molecule has 5 N–H and O–H groups in total. The normalized spacial score (nSPS) is 11.0. The molecule has 0 atom stereocenters. The fourth-order valence-electron chi connectivity index (χ4n) is 4.83. The average molecular weight is 641 g/mol. The summed E-state index contributed by atoms with van der Waals surface area (Å²) in [5.74, 6) is -2.02. The molecule has 1 rings (SSSR count). The number of carbonyl (C=O) groups excluding carboxylic acids is 2. The number of para-hydroxylation sites is 1. The zero-order chi connectivity index (χ0) is 32.9. The number of aromatic carboxylic acids is 1. The largest absolute Gasteiger partial charge is 0.478 e. The summed E-state index contributed by atoms with van der Waals surface area (Å²) in [7, 11) is -3.75. The van der Waals surface area contributed by atoms with Crippen LogP contribution < -0.4 is 10.6 Å². The number of nitrogens with one attached hydrogen (secondary N) is 2. The number of hydrogen-bond donors (Lipinski definition) is 5. The van der Waals surface area contributed by atoms with Crippen molar-refractivity contribution in [3.8, 4) is 0 Å². The molecule has 10 heteroatoms. The number of carboxylic acid groups (broad SMARTS) is 1. The van der Waals surface area contributed by atoms with E-state index < -0.39 is 19.5 Å². The van der Waals surface area contributed by atoms with Gasteiger partial charge in [0, 0.05) is 12.7 Å². The summed E-state index contributed by atoms with van der Waals surface area (Å²) < 4.78 is 10.7. The van der Waals surface area contributed by atoms with Gasteiger partial charge in [0.2, 0.25) is 11.8 Å². The van der Waals surface area contributed by atoms with Crippen LogP contribution in [0.15, 0.2) is 24.3 Å². The zero-order valence-electron chi connectivity index (χ0n) is 27.5. The van der Waals surface area contributed by atoms with Gasteiger partial charge in [-0.3, -0.25) is 14.2 Å². The maximum atomic E-state index is 11.8. The Labute approximate surface area is 266 Å². The summed E-state index contributed by atoms with van der Waals surface area (Å²) in [5.41, 5.74) is 0.187. The lowest BCUT2D eigenvalue weighted by atomic mass is 10.0. The highest BCUT2D eigenvalue weighted by atomic mass is 31.2. The Bertz CT molecular complexity index is 936. The van der Waals surface area contributed by atoms with Crippen LogP contribution in [0.5, 0.6) is 0 Å². The van der Waals surface area contributed by atoms with Crippen molar-refractivity contribution in [2.45, 2.75) is 149 Å². The van der Waals surface area contributed by atoms with Crippen molar-refractivity contribution in [2.75, 3.05) is 18.0 Å². The van der Waals surface area contributed by atoms with E-state index in [2.05, 4.69) is 24.5 Å². The van der Waals surface area contributed by atoms with E-state index in [1.807, 2.05) is 0 Å². The molecule has 0 spiro atoms. The van der Waals surface area contributed by atoms with Crippen LogP contribution in [0, 0.1) is 0 Å². The minimum atomic E-state index is -3.75. The Hall–Kier alpha value is -2.22. The second kappa shape index (κ2) is 28.3. The molecule has 0 heterocycles. The number of rotatable bonds is 26. The molecule has 0 aromatic heterocycles. The van der Waals surface area contributed by atoms with Crippen molar-refractivity contribution in [3.05, 3.63) is 29.8 Å². The third-order valence-corrected chi connectivity index (χ3v) is 8.31. The van der Waals surface area contributed by atoms with Crippen molar-refractivity contribution in [1.82, 2.24) is 5.32 Å². The van der Waals surface area contributed by atoms with Crippen molar-refractivity contribution >= 4 is 31.1 Å². The van der Waals surface area contributed by atoms with Crippen LogP contribution in [-0.2, 0) is 14.2 Å². The first-order chi connectivity index (χ1) is 21.1. The van der Waals surface area contributed by atoms with E-state index in [-0.39, 0.29) is 29.7 Å². The molecule has 2 amide bonds. The number of hydrogen-bond acceptors (Lipinski definition) is 4. The first-order valence-electron chi connectivity index (χ1n) is 17.0. The van der Waals surface area contributed by atoms with E-state index in [0.29, 0.717) is 13.0 Å². The molecule has 9 nitrogen and oxygen atoms in total. The summed E-state index contributed by atoms with van der Waals surface area (Å²) in [6.07, 6.45) is 24.5. The van der Waals surface area contributed by atoms with Gasteiger partial charge >= 0.3 is 13.6 Å². The van der Waals surface area contributed by atoms with Gasteiger partial charge in [-0.25, -0.2) is 4.79 Å². The molecule has 0 unspecified atom stereocenters. The van der Waals surface area contributed by atoms with Crippen molar-refractivity contribution in [3.63, 3.8) is 0 Å². The molecule has 0 radical (unpaired) electrons. The maximum absolute atomic E-state index is 11.8. The average Bonchev–Trinajstić information content (AvgIpc) is 2.96. The topological polar surface area (TPSA) is 153 Å². The molecule has 1 aromatic carbocycles. The lowest BCUT2D eigenvalue weighted by Crippen LogP contribution is -2.29. The summed E-state index contributed by atoms with van der Waals surface area (Å²) in [6, 6.07) is 6.08. The van der Waals surface area contributed by atoms with Crippen LogP contribution in [0.2, 0.25) is 0 Å². The van der Waals surface area contributed by atoms with E-state index in [9.17, 15) is 18.9 Å². The molecule has 0 saturated carbocycles. The first kappa shape index (κ1) is 41.8. The molecular weight excluding hydrogens is 579 g/mol. The predicted molar refractivity (Wildman–Crippen MR) is 180 cm³/mol. The highest BCUT2D eigenvalue weighted by molar-refractivity contribution is 7.51. The molecule has 44 heavy (non-hydrogen) atoms. The number of anilines is 1. The number of carboxylic acids is 1. The minimum absolute atomic E-state index is 0.00387. The van der Waals surface area contributed by atoms with E-state index in [4.69, 9.17) is 14.9 Å². The second-order valence-corrected chi connectivity index (χ2v) is 13.5. The van der Waals surface area contributed by atoms with Crippen LogP contribution in [0.25, 0.3) is 0 Å². The molecule has 0 aliphatic heterocycles. The van der Waals surface area contributed by atoms with Gasteiger partial charge in [0.1, 0.15) is 6.42 Å². The van der Waals surface area contributed by atoms with Crippen LogP contribution in [0.3, 0.4) is 0 Å². The first-order valence-corrected chi connectivity index (χ1v) is 18.8. The number of amides is 2. The van der Waals surface area contributed by atoms with Crippen molar-refractivity contribution in [2.24, 2.45) is 0 Å². The number of benzene rings is 1. The Morgan fingerprint density at radius 3 is 1.52 bits per heavy atom. The van der Waals surface area contributed by atoms with Crippen LogP contribution in [0.1, 0.15) is 159 Å². The summed E-state index contributed by atoms with van der Waals surface area (Å²) >= 11 is 0. The lowest BCUT2D eigenvalue weighted by Gasteiger charge is -2.08. The van der Waals surface area contributed by atoms with Gasteiger partial charge in [-0.1, -0.05) is 142 Å². The fraction of sp³-hybridized carbons (Fsp3) is 0.735. The molecule has 0 saturated heterocycles. The molecule has 0 bridgehead atoms. The van der Waals surface area contributed by atoms with E-state index >= 15 is 0 Å². The Kier molecular flexibility index (Phi) is 26.8. The van der Waals surface area contributed by atoms with Crippen LogP contribution >= 0.6 is 7.60 Å². The summed E-state index contributed by atoms with van der Waals surface area (Å²) in [5, 5.41) is 14.1. The maximum Gasteiger partial charge on any atom is 0.337 e. The van der Waals surface area contributed by atoms with Gasteiger partial charge < -0.3 is 25.5 Å². The molecule has 0 fully saturated rings. The van der Waals surface area contributed by atoms with E-state index in [1.54, 1.807) is 12.1 Å².